The van der Waals surface area contributed by atoms with Crippen molar-refractivity contribution in [3.05, 3.63) is 0 Å². The molecule has 13 heavy (non-hydrogen) atoms. The van der Waals surface area contributed by atoms with Gasteiger partial charge in [-0.3, -0.25) is 0 Å². The second-order valence-electron chi connectivity index (χ2n) is 6.40. The Hall–Kier alpha value is 0. The van der Waals surface area contributed by atoms with Gasteiger partial charge in [-0.1, -0.05) is 41.5 Å². The van der Waals surface area contributed by atoms with Crippen molar-refractivity contribution in [1.82, 2.24) is 0 Å². The fourth-order valence-corrected chi connectivity index (χ4v) is 2.46. The van der Waals surface area contributed by atoms with Gasteiger partial charge in [0, 0.05) is 0 Å². The average molecular weight is 182 g/mol. The molecule has 1 rings (SSSR count). The molecule has 0 nitrogen and oxygen atoms in total. The summed E-state index contributed by atoms with van der Waals surface area (Å²) < 4.78 is 0. The minimum absolute atomic E-state index is 0.578. The Balaban J connectivity index is 2.70. The summed E-state index contributed by atoms with van der Waals surface area (Å²) in [4.78, 5) is 0. The predicted molar refractivity (Wildman–Crippen MR) is 59.7 cm³/mol. The van der Waals surface area contributed by atoms with Gasteiger partial charge in [-0.05, 0) is 41.9 Å². The van der Waals surface area contributed by atoms with Crippen LogP contribution in [0.25, 0.3) is 0 Å². The summed E-state index contributed by atoms with van der Waals surface area (Å²) in [5.74, 6) is 1.72. The largest absolute Gasteiger partial charge is 0.0623 e. The lowest BCUT2D eigenvalue weighted by Crippen LogP contribution is -2.38. The van der Waals surface area contributed by atoms with E-state index in [2.05, 4.69) is 41.5 Å². The molecule has 1 saturated carbocycles. The minimum Gasteiger partial charge on any atom is -0.0623 e. The van der Waals surface area contributed by atoms with Gasteiger partial charge in [-0.15, -0.1) is 0 Å². The van der Waals surface area contributed by atoms with Crippen molar-refractivity contribution in [2.24, 2.45) is 22.7 Å². The highest BCUT2D eigenvalue weighted by molar-refractivity contribution is 4.91. The van der Waals surface area contributed by atoms with Gasteiger partial charge in [0.05, 0.1) is 0 Å². The molecule has 0 bridgehead atoms. The van der Waals surface area contributed by atoms with E-state index >= 15 is 0 Å². The molecule has 0 heteroatoms. The van der Waals surface area contributed by atoms with E-state index < -0.39 is 0 Å². The van der Waals surface area contributed by atoms with Crippen LogP contribution in [0.1, 0.15) is 60.8 Å². The van der Waals surface area contributed by atoms with Gasteiger partial charge >= 0.3 is 0 Å². The fraction of sp³-hybridized carbons (Fsp3) is 1.00. The first kappa shape index (κ1) is 11.1. The number of hydrogen-bond donors (Lipinski definition) is 0. The predicted octanol–water partition coefficient (Wildman–Crippen LogP) is 4.49. The molecule has 0 radical (unpaired) electrons. The quantitative estimate of drug-likeness (QED) is 0.560. The lowest BCUT2D eigenvalue weighted by atomic mass is 9.57. The van der Waals surface area contributed by atoms with E-state index in [0.717, 1.165) is 11.8 Å². The first-order chi connectivity index (χ1) is 5.78. The Morgan fingerprint density at radius 2 is 1.62 bits per heavy atom. The summed E-state index contributed by atoms with van der Waals surface area (Å²) in [5.41, 5.74) is 1.18. The van der Waals surface area contributed by atoms with Crippen LogP contribution in [0, 0.1) is 22.7 Å². The molecule has 1 fully saturated rings. The summed E-state index contributed by atoms with van der Waals surface area (Å²) in [5, 5.41) is 0. The summed E-state index contributed by atoms with van der Waals surface area (Å²) in [6.07, 6.45) is 4.24. The SMILES string of the molecule is CC(C)[C@@]1(C)CCC(C)(C)[C@H](C)C1. The molecule has 0 heterocycles. The van der Waals surface area contributed by atoms with Gasteiger partial charge in [0.2, 0.25) is 0 Å². The molecular formula is C13H26. The maximum absolute atomic E-state index is 2.48. The van der Waals surface area contributed by atoms with E-state index in [9.17, 15) is 0 Å². The standard InChI is InChI=1S/C13H26/c1-10(2)13(6)8-7-12(4,5)11(3)9-13/h10-11H,7-9H2,1-6H3/t11-,13+/m1/s1. The van der Waals surface area contributed by atoms with Crippen LogP contribution in [0.4, 0.5) is 0 Å². The van der Waals surface area contributed by atoms with Crippen LogP contribution in [0.15, 0.2) is 0 Å². The van der Waals surface area contributed by atoms with Crippen LogP contribution in [0.2, 0.25) is 0 Å². The highest BCUT2D eigenvalue weighted by atomic mass is 14.5. The molecule has 2 atom stereocenters. The van der Waals surface area contributed by atoms with Gasteiger partial charge < -0.3 is 0 Å². The second kappa shape index (κ2) is 3.29. The molecule has 0 saturated heterocycles. The van der Waals surface area contributed by atoms with E-state index in [1.807, 2.05) is 0 Å². The Kier molecular flexibility index (Phi) is 2.81. The van der Waals surface area contributed by atoms with Crippen molar-refractivity contribution in [3.63, 3.8) is 0 Å². The van der Waals surface area contributed by atoms with E-state index in [1.165, 1.54) is 19.3 Å². The van der Waals surface area contributed by atoms with Crippen LogP contribution in [-0.4, -0.2) is 0 Å². The molecule has 0 unspecified atom stereocenters. The highest BCUT2D eigenvalue weighted by Crippen LogP contribution is 2.51. The molecule has 1 aliphatic rings. The van der Waals surface area contributed by atoms with Gasteiger partial charge in [-0.25, -0.2) is 0 Å². The minimum atomic E-state index is 0.578. The van der Waals surface area contributed by atoms with Crippen LogP contribution in [-0.2, 0) is 0 Å². The van der Waals surface area contributed by atoms with Crippen LogP contribution in [0.5, 0.6) is 0 Å². The molecular weight excluding hydrogens is 156 g/mol. The topological polar surface area (TPSA) is 0 Å². The number of hydrogen-bond acceptors (Lipinski definition) is 0. The first-order valence-electron chi connectivity index (χ1n) is 5.78. The Morgan fingerprint density at radius 3 is 2.00 bits per heavy atom. The molecule has 0 amide bonds. The fourth-order valence-electron chi connectivity index (χ4n) is 2.46. The van der Waals surface area contributed by atoms with E-state index in [0.29, 0.717) is 10.8 Å². The Bertz CT molecular complexity index is 178. The molecule has 0 aromatic rings. The normalized spacial score (nSPS) is 39.5. The molecule has 0 spiro atoms. The van der Waals surface area contributed by atoms with Crippen molar-refractivity contribution in [2.75, 3.05) is 0 Å². The lowest BCUT2D eigenvalue weighted by Gasteiger charge is -2.48. The second-order valence-corrected chi connectivity index (χ2v) is 6.40. The molecule has 0 N–H and O–H groups in total. The third-order valence-electron chi connectivity index (χ3n) is 4.84. The van der Waals surface area contributed by atoms with Crippen molar-refractivity contribution < 1.29 is 0 Å². The maximum Gasteiger partial charge on any atom is -0.0300 e. The summed E-state index contributed by atoms with van der Waals surface area (Å²) in [6, 6.07) is 0. The molecule has 0 aliphatic heterocycles. The monoisotopic (exact) mass is 182 g/mol. The highest BCUT2D eigenvalue weighted by Gasteiger charge is 2.41. The van der Waals surface area contributed by atoms with Gasteiger partial charge in [0.15, 0.2) is 0 Å². The zero-order valence-electron chi connectivity index (χ0n) is 10.3. The van der Waals surface area contributed by atoms with E-state index in [4.69, 9.17) is 0 Å². The molecule has 78 valence electrons. The van der Waals surface area contributed by atoms with Crippen molar-refractivity contribution in [2.45, 2.75) is 60.8 Å². The van der Waals surface area contributed by atoms with Crippen molar-refractivity contribution in [3.8, 4) is 0 Å². The lowest BCUT2D eigenvalue weighted by molar-refractivity contribution is 0.0242. The van der Waals surface area contributed by atoms with Gasteiger partial charge in [0.1, 0.15) is 0 Å². The zero-order chi connectivity index (χ0) is 10.3. The Morgan fingerprint density at radius 1 is 1.08 bits per heavy atom. The van der Waals surface area contributed by atoms with Crippen LogP contribution >= 0.6 is 0 Å². The third kappa shape index (κ3) is 2.08. The third-order valence-corrected chi connectivity index (χ3v) is 4.84. The zero-order valence-corrected chi connectivity index (χ0v) is 10.3. The summed E-state index contributed by atoms with van der Waals surface area (Å²) >= 11 is 0. The number of rotatable bonds is 1. The average Bonchev–Trinajstić information content (AvgIpc) is 1.98. The summed E-state index contributed by atoms with van der Waals surface area (Å²) in [6.45, 7) is 14.5. The van der Waals surface area contributed by atoms with E-state index in [1.54, 1.807) is 0 Å². The van der Waals surface area contributed by atoms with Gasteiger partial charge in [-0.2, -0.15) is 0 Å². The maximum atomic E-state index is 2.48. The Labute approximate surface area is 84.1 Å². The van der Waals surface area contributed by atoms with Gasteiger partial charge in [0.25, 0.3) is 0 Å². The smallest absolute Gasteiger partial charge is 0.0300 e. The molecule has 0 aromatic carbocycles. The van der Waals surface area contributed by atoms with Crippen LogP contribution in [0.3, 0.4) is 0 Å². The first-order valence-corrected chi connectivity index (χ1v) is 5.78. The molecule has 0 aromatic heterocycles. The summed E-state index contributed by atoms with van der Waals surface area (Å²) in [7, 11) is 0. The van der Waals surface area contributed by atoms with Crippen LogP contribution < -0.4 is 0 Å². The molecule has 1 aliphatic carbocycles. The van der Waals surface area contributed by atoms with Crippen molar-refractivity contribution in [1.29, 1.82) is 0 Å². The van der Waals surface area contributed by atoms with E-state index in [-0.39, 0.29) is 0 Å². The van der Waals surface area contributed by atoms with Crippen molar-refractivity contribution >= 4 is 0 Å².